The molecule has 1 N–H and O–H groups in total. The van der Waals surface area contributed by atoms with Crippen LogP contribution in [0, 0.1) is 0 Å². The molecule has 1 aromatic carbocycles. The Kier molecular flexibility index (Phi) is 3.90. The average molecular weight is 286 g/mol. The largest absolute Gasteiger partial charge is 0.497 e. The zero-order valence-electron chi connectivity index (χ0n) is 12.0. The highest BCUT2D eigenvalue weighted by atomic mass is 16.5. The van der Waals surface area contributed by atoms with Crippen LogP contribution in [0.2, 0.25) is 0 Å². The van der Waals surface area contributed by atoms with Gasteiger partial charge in [0.2, 0.25) is 0 Å². The fourth-order valence-corrected chi connectivity index (χ4v) is 2.87. The molecule has 0 fully saturated rings. The predicted molar refractivity (Wildman–Crippen MR) is 77.5 cm³/mol. The third kappa shape index (κ3) is 2.91. The third-order valence-electron chi connectivity index (χ3n) is 3.97. The van der Waals surface area contributed by atoms with Crippen molar-refractivity contribution in [1.82, 2.24) is 10.5 Å². The van der Waals surface area contributed by atoms with Crippen molar-refractivity contribution in [3.63, 3.8) is 0 Å². The Morgan fingerprint density at radius 1 is 1.48 bits per heavy atom. The zero-order chi connectivity index (χ0) is 14.7. The van der Waals surface area contributed by atoms with Crippen LogP contribution in [-0.2, 0) is 6.42 Å². The Morgan fingerprint density at radius 2 is 2.38 bits per heavy atom. The number of amides is 1. The molecular formula is C16H18N2O3. The van der Waals surface area contributed by atoms with Gasteiger partial charge < -0.3 is 14.6 Å². The molecule has 0 saturated heterocycles. The van der Waals surface area contributed by atoms with Crippen molar-refractivity contribution in [1.29, 1.82) is 0 Å². The molecule has 1 aromatic heterocycles. The molecule has 1 amide bonds. The van der Waals surface area contributed by atoms with Crippen molar-refractivity contribution in [3.8, 4) is 5.75 Å². The molecule has 0 saturated carbocycles. The van der Waals surface area contributed by atoms with Crippen LogP contribution < -0.4 is 10.1 Å². The maximum absolute atomic E-state index is 11.9. The van der Waals surface area contributed by atoms with Crippen LogP contribution in [0.25, 0.3) is 0 Å². The summed E-state index contributed by atoms with van der Waals surface area (Å²) in [5.41, 5.74) is 2.95. The minimum absolute atomic E-state index is 0.190. The van der Waals surface area contributed by atoms with Gasteiger partial charge in [0.25, 0.3) is 5.91 Å². The molecule has 21 heavy (non-hydrogen) atoms. The number of nitrogens with zero attached hydrogens (tertiary/aromatic N) is 1. The summed E-state index contributed by atoms with van der Waals surface area (Å²) in [4.78, 5) is 11.9. The topological polar surface area (TPSA) is 64.4 Å². The number of methoxy groups -OCH3 is 1. The first-order chi connectivity index (χ1) is 10.3. The minimum Gasteiger partial charge on any atom is -0.497 e. The van der Waals surface area contributed by atoms with Crippen LogP contribution in [0.15, 0.2) is 35.1 Å². The highest BCUT2D eigenvalue weighted by molar-refractivity contribution is 5.91. The molecule has 1 unspecified atom stereocenters. The van der Waals surface area contributed by atoms with Gasteiger partial charge in [-0.25, -0.2) is 0 Å². The summed E-state index contributed by atoms with van der Waals surface area (Å²) in [6, 6.07) is 7.76. The normalized spacial score (nSPS) is 17.1. The minimum atomic E-state index is -0.190. The number of aryl methyl sites for hydroxylation is 1. The van der Waals surface area contributed by atoms with E-state index in [-0.39, 0.29) is 5.91 Å². The van der Waals surface area contributed by atoms with E-state index < -0.39 is 0 Å². The summed E-state index contributed by atoms with van der Waals surface area (Å²) in [5.74, 6) is 1.04. The predicted octanol–water partition coefficient (Wildman–Crippen LogP) is 2.53. The molecule has 0 aliphatic heterocycles. The fraction of sp³-hybridized carbons (Fsp3) is 0.375. The molecule has 0 spiro atoms. The molecule has 110 valence electrons. The lowest BCUT2D eigenvalue weighted by Gasteiger charge is -2.26. The lowest BCUT2D eigenvalue weighted by Crippen LogP contribution is -2.30. The Morgan fingerprint density at radius 3 is 3.14 bits per heavy atom. The van der Waals surface area contributed by atoms with Gasteiger partial charge in [-0.3, -0.25) is 4.79 Å². The first-order valence-corrected chi connectivity index (χ1v) is 7.13. The van der Waals surface area contributed by atoms with Gasteiger partial charge in [-0.05, 0) is 42.5 Å². The van der Waals surface area contributed by atoms with Crippen LogP contribution in [0.5, 0.6) is 5.75 Å². The molecule has 5 nitrogen and oxygen atoms in total. The van der Waals surface area contributed by atoms with Crippen LogP contribution in [-0.4, -0.2) is 24.7 Å². The van der Waals surface area contributed by atoms with Gasteiger partial charge >= 0.3 is 0 Å². The SMILES string of the molecule is COc1ccc2c(c1)CCCC2CNC(=O)c1ccon1. The van der Waals surface area contributed by atoms with E-state index in [0.29, 0.717) is 18.2 Å². The number of fused-ring (bicyclic) bond motifs is 1. The van der Waals surface area contributed by atoms with Crippen molar-refractivity contribution >= 4 is 5.91 Å². The number of hydrogen-bond acceptors (Lipinski definition) is 4. The van der Waals surface area contributed by atoms with E-state index in [0.717, 1.165) is 25.0 Å². The Labute approximate surface area is 123 Å². The fourth-order valence-electron chi connectivity index (χ4n) is 2.87. The number of hydrogen-bond donors (Lipinski definition) is 1. The van der Waals surface area contributed by atoms with E-state index in [2.05, 4.69) is 27.1 Å². The highest BCUT2D eigenvalue weighted by Gasteiger charge is 2.21. The molecule has 1 heterocycles. The van der Waals surface area contributed by atoms with Crippen LogP contribution in [0.4, 0.5) is 0 Å². The maximum atomic E-state index is 11.9. The number of aromatic nitrogens is 1. The molecular weight excluding hydrogens is 268 g/mol. The zero-order valence-corrected chi connectivity index (χ0v) is 12.0. The second kappa shape index (κ2) is 5.99. The van der Waals surface area contributed by atoms with E-state index >= 15 is 0 Å². The Hall–Kier alpha value is -2.30. The highest BCUT2D eigenvalue weighted by Crippen LogP contribution is 2.33. The average Bonchev–Trinajstić information content (AvgIpc) is 3.06. The number of rotatable bonds is 4. The molecule has 2 aromatic rings. The van der Waals surface area contributed by atoms with Crippen LogP contribution in [0.1, 0.15) is 40.4 Å². The molecule has 3 rings (SSSR count). The summed E-state index contributed by atoms with van der Waals surface area (Å²) in [6.45, 7) is 0.616. The van der Waals surface area contributed by atoms with Gasteiger partial charge in [-0.1, -0.05) is 11.2 Å². The van der Waals surface area contributed by atoms with E-state index in [1.165, 1.54) is 17.4 Å². The second-order valence-electron chi connectivity index (χ2n) is 5.25. The van der Waals surface area contributed by atoms with Crippen molar-refractivity contribution in [2.45, 2.75) is 25.2 Å². The van der Waals surface area contributed by atoms with Gasteiger partial charge in [-0.2, -0.15) is 0 Å². The van der Waals surface area contributed by atoms with Crippen LogP contribution in [0.3, 0.4) is 0 Å². The lowest BCUT2D eigenvalue weighted by atomic mass is 9.82. The number of ether oxygens (including phenoxy) is 1. The van der Waals surface area contributed by atoms with Crippen molar-refractivity contribution < 1.29 is 14.1 Å². The number of nitrogens with one attached hydrogen (secondary N) is 1. The third-order valence-corrected chi connectivity index (χ3v) is 3.97. The summed E-state index contributed by atoms with van der Waals surface area (Å²) >= 11 is 0. The van der Waals surface area contributed by atoms with Gasteiger partial charge in [0.1, 0.15) is 12.0 Å². The molecule has 1 atom stereocenters. The monoisotopic (exact) mass is 286 g/mol. The molecule has 0 bridgehead atoms. The molecule has 1 aliphatic carbocycles. The Bertz CT molecular complexity index is 622. The Balaban J connectivity index is 1.69. The van der Waals surface area contributed by atoms with E-state index in [1.807, 2.05) is 6.07 Å². The smallest absolute Gasteiger partial charge is 0.273 e. The van der Waals surface area contributed by atoms with E-state index in [1.54, 1.807) is 13.2 Å². The van der Waals surface area contributed by atoms with Gasteiger partial charge in [0.05, 0.1) is 7.11 Å². The van der Waals surface area contributed by atoms with Crippen LogP contribution >= 0.6 is 0 Å². The van der Waals surface area contributed by atoms with Crippen molar-refractivity contribution in [3.05, 3.63) is 47.3 Å². The quantitative estimate of drug-likeness (QED) is 0.938. The standard InChI is InChI=1S/C16H18N2O3/c1-20-13-5-6-14-11(9-13)3-2-4-12(14)10-17-16(19)15-7-8-21-18-15/h5-9,12H,2-4,10H2,1H3,(H,17,19). The summed E-state index contributed by atoms with van der Waals surface area (Å²) in [5, 5.41) is 6.57. The molecule has 0 radical (unpaired) electrons. The number of carbonyl (C=O) groups excluding carboxylic acids is 1. The van der Waals surface area contributed by atoms with Gasteiger partial charge in [-0.15, -0.1) is 0 Å². The van der Waals surface area contributed by atoms with Crippen molar-refractivity contribution in [2.24, 2.45) is 0 Å². The molecule has 5 heteroatoms. The molecule has 1 aliphatic rings. The number of benzene rings is 1. The van der Waals surface area contributed by atoms with Gasteiger partial charge in [0, 0.05) is 18.5 Å². The van der Waals surface area contributed by atoms with E-state index in [9.17, 15) is 4.79 Å². The summed E-state index contributed by atoms with van der Waals surface area (Å²) < 4.78 is 9.96. The van der Waals surface area contributed by atoms with Crippen molar-refractivity contribution in [2.75, 3.05) is 13.7 Å². The second-order valence-corrected chi connectivity index (χ2v) is 5.25. The first kappa shape index (κ1) is 13.7. The number of carbonyl (C=O) groups is 1. The van der Waals surface area contributed by atoms with Gasteiger partial charge in [0.15, 0.2) is 5.69 Å². The first-order valence-electron chi connectivity index (χ1n) is 7.13. The summed E-state index contributed by atoms with van der Waals surface area (Å²) in [7, 11) is 1.68. The lowest BCUT2D eigenvalue weighted by molar-refractivity contribution is 0.0941. The van der Waals surface area contributed by atoms with E-state index in [4.69, 9.17) is 4.74 Å². The maximum Gasteiger partial charge on any atom is 0.273 e. The summed E-state index contributed by atoms with van der Waals surface area (Å²) in [6.07, 6.45) is 4.68.